The molecule has 0 atom stereocenters. The van der Waals surface area contributed by atoms with Crippen LogP contribution in [-0.4, -0.2) is 43.3 Å². The summed E-state index contributed by atoms with van der Waals surface area (Å²) in [4.78, 5) is 45.4. The van der Waals surface area contributed by atoms with E-state index >= 15 is 0 Å². The van der Waals surface area contributed by atoms with Crippen molar-refractivity contribution in [2.75, 3.05) is 19.6 Å². The average Bonchev–Trinajstić information content (AvgIpc) is 3.12. The first kappa shape index (κ1) is 22.4. The average molecular weight is 378 g/mol. The smallest absolute Gasteiger partial charge is 0.221 e. The highest BCUT2D eigenvalue weighted by Gasteiger charge is 2.06. The molecule has 0 saturated heterocycles. The normalized spacial score (nSPS) is 12.4. The fourth-order valence-electron chi connectivity index (χ4n) is 2.54. The van der Waals surface area contributed by atoms with Crippen LogP contribution in [-0.2, 0) is 19.2 Å². The number of nitrogens with two attached hydrogens (primary N) is 1. The molecule has 0 aliphatic heterocycles. The van der Waals surface area contributed by atoms with Crippen LogP contribution >= 0.6 is 0 Å². The Morgan fingerprint density at radius 3 is 2.04 bits per heavy atom. The van der Waals surface area contributed by atoms with Crippen molar-refractivity contribution in [2.45, 2.75) is 51.4 Å². The molecule has 0 aromatic rings. The van der Waals surface area contributed by atoms with E-state index in [-0.39, 0.29) is 43.5 Å². The predicted octanol–water partition coefficient (Wildman–Crippen LogP) is 0.437. The molecule has 0 spiro atoms. The van der Waals surface area contributed by atoms with Crippen LogP contribution in [0.2, 0.25) is 0 Å². The number of hydrogen-bond donors (Lipinski definition) is 4. The zero-order valence-corrected chi connectivity index (χ0v) is 15.7. The second-order valence-corrected chi connectivity index (χ2v) is 6.43. The van der Waals surface area contributed by atoms with Gasteiger partial charge in [0, 0.05) is 45.3 Å². The summed E-state index contributed by atoms with van der Waals surface area (Å²) >= 11 is 0. The molecule has 0 saturated carbocycles. The summed E-state index contributed by atoms with van der Waals surface area (Å²) in [5.41, 5.74) is 6.32. The van der Waals surface area contributed by atoms with Gasteiger partial charge in [0.2, 0.25) is 23.6 Å². The Balaban J connectivity index is 1.93. The lowest BCUT2D eigenvalue weighted by molar-refractivity contribution is -0.124. The van der Waals surface area contributed by atoms with Crippen LogP contribution in [0.5, 0.6) is 0 Å². The third kappa shape index (κ3) is 12.4. The lowest BCUT2D eigenvalue weighted by atomic mass is 10.1. The molecule has 150 valence electrons. The van der Waals surface area contributed by atoms with E-state index in [1.165, 1.54) is 5.57 Å². The molecule has 1 aliphatic carbocycles. The Morgan fingerprint density at radius 2 is 1.41 bits per heavy atom. The van der Waals surface area contributed by atoms with E-state index in [9.17, 15) is 19.2 Å². The molecule has 8 nitrogen and oxygen atoms in total. The summed E-state index contributed by atoms with van der Waals surface area (Å²) < 4.78 is 0. The highest BCUT2D eigenvalue weighted by Crippen LogP contribution is 2.16. The molecule has 0 aromatic heterocycles. The number of rotatable bonds is 14. The maximum Gasteiger partial charge on any atom is 0.221 e. The number of carbonyl (C=O) groups excluding carboxylic acids is 4. The first-order chi connectivity index (χ1) is 13.0. The third-order valence-corrected chi connectivity index (χ3v) is 4.02. The molecular formula is C19H30N4O4. The first-order valence-corrected chi connectivity index (χ1v) is 9.40. The zero-order valence-electron chi connectivity index (χ0n) is 15.7. The van der Waals surface area contributed by atoms with Gasteiger partial charge in [-0.3, -0.25) is 19.2 Å². The predicted molar refractivity (Wildman–Crippen MR) is 102 cm³/mol. The standard InChI is InChI=1S/C19H30N4O4/c20-16(24)10-13-22-18(26)9-4-12-21-19(27)11-14-23-17(25)8-3-7-15-5-1-2-6-15/h1-2,5H,3-4,6-14H2,(H2,20,24)(H,21,27)(H,22,26)(H,23,25). The molecule has 0 bridgehead atoms. The van der Waals surface area contributed by atoms with Crippen LogP contribution in [0.3, 0.4) is 0 Å². The van der Waals surface area contributed by atoms with Crippen molar-refractivity contribution in [1.82, 2.24) is 16.0 Å². The van der Waals surface area contributed by atoms with E-state index in [2.05, 4.69) is 28.1 Å². The van der Waals surface area contributed by atoms with Gasteiger partial charge in [-0.25, -0.2) is 0 Å². The van der Waals surface area contributed by atoms with Crippen LogP contribution in [0, 0.1) is 0 Å². The van der Waals surface area contributed by atoms with E-state index in [1.807, 2.05) is 6.08 Å². The SMILES string of the molecule is NC(=O)CCNC(=O)CCCNC(=O)CCNC(=O)CCCC1=CC=CC1. The minimum absolute atomic E-state index is 0.0398. The molecule has 0 heterocycles. The van der Waals surface area contributed by atoms with Gasteiger partial charge >= 0.3 is 0 Å². The number of hydrogen-bond acceptors (Lipinski definition) is 4. The molecule has 0 unspecified atom stereocenters. The summed E-state index contributed by atoms with van der Waals surface area (Å²) in [6.07, 6.45) is 10.5. The van der Waals surface area contributed by atoms with Gasteiger partial charge in [0.15, 0.2) is 0 Å². The molecule has 1 aliphatic rings. The molecule has 0 radical (unpaired) electrons. The molecule has 5 N–H and O–H groups in total. The lowest BCUT2D eigenvalue weighted by Crippen LogP contribution is -2.32. The minimum atomic E-state index is -0.460. The molecule has 1 rings (SSSR count). The Labute approximate surface area is 160 Å². The van der Waals surface area contributed by atoms with E-state index < -0.39 is 5.91 Å². The van der Waals surface area contributed by atoms with Crippen LogP contribution in [0.15, 0.2) is 23.8 Å². The van der Waals surface area contributed by atoms with Crippen molar-refractivity contribution >= 4 is 23.6 Å². The van der Waals surface area contributed by atoms with Crippen molar-refractivity contribution in [3.8, 4) is 0 Å². The molecule has 27 heavy (non-hydrogen) atoms. The van der Waals surface area contributed by atoms with E-state index in [0.29, 0.717) is 25.9 Å². The van der Waals surface area contributed by atoms with E-state index in [1.54, 1.807) is 0 Å². The van der Waals surface area contributed by atoms with Crippen LogP contribution in [0.25, 0.3) is 0 Å². The largest absolute Gasteiger partial charge is 0.370 e. The lowest BCUT2D eigenvalue weighted by Gasteiger charge is -2.07. The molecule has 8 heteroatoms. The topological polar surface area (TPSA) is 130 Å². The van der Waals surface area contributed by atoms with Crippen molar-refractivity contribution < 1.29 is 19.2 Å². The van der Waals surface area contributed by atoms with Crippen LogP contribution < -0.4 is 21.7 Å². The maximum atomic E-state index is 11.7. The van der Waals surface area contributed by atoms with Crippen molar-refractivity contribution in [3.63, 3.8) is 0 Å². The van der Waals surface area contributed by atoms with Crippen molar-refractivity contribution in [3.05, 3.63) is 23.8 Å². The number of amides is 4. The maximum absolute atomic E-state index is 11.7. The molecule has 4 amide bonds. The summed E-state index contributed by atoms with van der Waals surface area (Å²) in [6, 6.07) is 0. The Hall–Kier alpha value is -2.64. The fourth-order valence-corrected chi connectivity index (χ4v) is 2.54. The van der Waals surface area contributed by atoms with Gasteiger partial charge in [-0.15, -0.1) is 0 Å². The van der Waals surface area contributed by atoms with Gasteiger partial charge < -0.3 is 21.7 Å². The Morgan fingerprint density at radius 1 is 0.815 bits per heavy atom. The van der Waals surface area contributed by atoms with Gasteiger partial charge in [-0.1, -0.05) is 23.8 Å². The Bertz CT molecular complexity index is 584. The number of nitrogens with one attached hydrogen (secondary N) is 3. The first-order valence-electron chi connectivity index (χ1n) is 9.40. The number of primary amides is 1. The van der Waals surface area contributed by atoms with Crippen LogP contribution in [0.4, 0.5) is 0 Å². The van der Waals surface area contributed by atoms with Gasteiger partial charge in [0.1, 0.15) is 0 Å². The number of carbonyl (C=O) groups is 4. The van der Waals surface area contributed by atoms with E-state index in [4.69, 9.17) is 5.73 Å². The van der Waals surface area contributed by atoms with Crippen LogP contribution in [0.1, 0.15) is 51.4 Å². The van der Waals surface area contributed by atoms with Gasteiger partial charge in [-0.2, -0.15) is 0 Å². The zero-order chi connectivity index (χ0) is 19.9. The molecule has 0 aromatic carbocycles. The highest BCUT2D eigenvalue weighted by molar-refractivity contribution is 5.79. The molecule has 0 fully saturated rings. The summed E-state index contributed by atoms with van der Waals surface area (Å²) in [5.74, 6) is -0.839. The van der Waals surface area contributed by atoms with Crippen molar-refractivity contribution in [1.29, 1.82) is 0 Å². The third-order valence-electron chi connectivity index (χ3n) is 4.02. The Kier molecular flexibility index (Phi) is 11.2. The van der Waals surface area contributed by atoms with E-state index in [0.717, 1.165) is 19.3 Å². The summed E-state index contributed by atoms with van der Waals surface area (Å²) in [6.45, 7) is 0.927. The van der Waals surface area contributed by atoms with Gasteiger partial charge in [0.05, 0.1) is 0 Å². The molecular weight excluding hydrogens is 348 g/mol. The quantitative estimate of drug-likeness (QED) is 0.327. The fraction of sp³-hybridized carbons (Fsp3) is 0.579. The highest BCUT2D eigenvalue weighted by atomic mass is 16.2. The second-order valence-electron chi connectivity index (χ2n) is 6.43. The van der Waals surface area contributed by atoms with Gasteiger partial charge in [-0.05, 0) is 25.7 Å². The van der Waals surface area contributed by atoms with Gasteiger partial charge in [0.25, 0.3) is 0 Å². The summed E-state index contributed by atoms with van der Waals surface area (Å²) in [5, 5.41) is 8.03. The second kappa shape index (κ2) is 13.5. The number of allylic oxidation sites excluding steroid dienone is 4. The van der Waals surface area contributed by atoms with Crippen molar-refractivity contribution in [2.24, 2.45) is 5.73 Å². The minimum Gasteiger partial charge on any atom is -0.370 e. The summed E-state index contributed by atoms with van der Waals surface area (Å²) in [7, 11) is 0. The monoisotopic (exact) mass is 378 g/mol.